The summed E-state index contributed by atoms with van der Waals surface area (Å²) in [5, 5.41) is 6.52. The number of rotatable bonds is 6. The Balaban J connectivity index is 2.10. The van der Waals surface area contributed by atoms with E-state index in [-0.39, 0.29) is 0 Å². The molecule has 1 aliphatic rings. The van der Waals surface area contributed by atoms with E-state index < -0.39 is 0 Å². The number of anilines is 3. The van der Waals surface area contributed by atoms with Crippen molar-refractivity contribution >= 4 is 17.8 Å². The minimum atomic E-state index is 0.343. The Kier molecular flexibility index (Phi) is 4.94. The quantitative estimate of drug-likeness (QED) is 0.814. The predicted octanol–water partition coefficient (Wildman–Crippen LogP) is 1.35. The van der Waals surface area contributed by atoms with Gasteiger partial charge < -0.3 is 20.3 Å². The fraction of sp³-hybridized carbons (Fsp3) is 0.769. The fourth-order valence-corrected chi connectivity index (χ4v) is 2.33. The van der Waals surface area contributed by atoms with Crippen molar-refractivity contribution in [2.24, 2.45) is 0 Å². The van der Waals surface area contributed by atoms with Crippen molar-refractivity contribution in [3.8, 4) is 0 Å². The molecule has 0 aromatic carbocycles. The molecule has 1 aromatic rings. The van der Waals surface area contributed by atoms with Gasteiger partial charge in [-0.05, 0) is 26.2 Å². The fourth-order valence-electron chi connectivity index (χ4n) is 2.33. The van der Waals surface area contributed by atoms with E-state index in [1.54, 1.807) is 7.11 Å². The summed E-state index contributed by atoms with van der Waals surface area (Å²) in [6.45, 7) is 2.80. The van der Waals surface area contributed by atoms with E-state index in [1.807, 2.05) is 25.9 Å². The molecule has 112 valence electrons. The number of methoxy groups -OCH3 is 1. The van der Waals surface area contributed by atoms with Gasteiger partial charge in [-0.25, -0.2) is 0 Å². The number of ether oxygens (including phenoxy) is 1. The Morgan fingerprint density at radius 2 is 1.95 bits per heavy atom. The Morgan fingerprint density at radius 1 is 1.20 bits per heavy atom. The molecule has 2 rings (SSSR count). The molecule has 2 N–H and O–H groups in total. The van der Waals surface area contributed by atoms with Crippen LogP contribution in [0.1, 0.15) is 26.2 Å². The molecule has 0 saturated heterocycles. The van der Waals surface area contributed by atoms with Gasteiger partial charge in [-0.1, -0.05) is 0 Å². The summed E-state index contributed by atoms with van der Waals surface area (Å²) in [6.07, 6.45) is 3.50. The minimum Gasteiger partial charge on any atom is -0.381 e. The molecule has 2 unspecified atom stereocenters. The van der Waals surface area contributed by atoms with Gasteiger partial charge in [-0.2, -0.15) is 15.0 Å². The number of nitrogens with zero attached hydrogens (tertiary/aromatic N) is 4. The number of hydrogen-bond donors (Lipinski definition) is 2. The van der Waals surface area contributed by atoms with Gasteiger partial charge in [0.15, 0.2) is 0 Å². The van der Waals surface area contributed by atoms with Crippen LogP contribution >= 0.6 is 0 Å². The zero-order chi connectivity index (χ0) is 14.5. The lowest BCUT2D eigenvalue weighted by atomic mass is 10.2. The van der Waals surface area contributed by atoms with Crippen LogP contribution in [0.25, 0.3) is 0 Å². The number of nitrogens with one attached hydrogen (secondary N) is 2. The van der Waals surface area contributed by atoms with Gasteiger partial charge in [0.1, 0.15) is 0 Å². The van der Waals surface area contributed by atoms with Gasteiger partial charge in [0.05, 0.1) is 6.10 Å². The van der Waals surface area contributed by atoms with Gasteiger partial charge in [-0.15, -0.1) is 0 Å². The normalized spacial score (nSPS) is 21.8. The third-order valence-corrected chi connectivity index (χ3v) is 3.41. The molecule has 0 spiro atoms. The standard InChI is InChI=1S/C13H24N6O/c1-5-14-11-16-12(18-13(17-11)19(2)3)15-9-6-7-10(8-9)20-4/h9-10H,5-8H2,1-4H3,(H2,14,15,16,17,18). The average Bonchev–Trinajstić information content (AvgIpc) is 2.86. The smallest absolute Gasteiger partial charge is 0.231 e. The van der Waals surface area contributed by atoms with Gasteiger partial charge >= 0.3 is 0 Å². The minimum absolute atomic E-state index is 0.343. The highest BCUT2D eigenvalue weighted by molar-refractivity contribution is 5.43. The van der Waals surface area contributed by atoms with Crippen molar-refractivity contribution in [1.29, 1.82) is 0 Å². The maximum absolute atomic E-state index is 5.39. The first-order chi connectivity index (χ1) is 9.62. The summed E-state index contributed by atoms with van der Waals surface area (Å²) in [4.78, 5) is 15.1. The van der Waals surface area contributed by atoms with E-state index in [9.17, 15) is 0 Å². The Morgan fingerprint density at radius 3 is 2.55 bits per heavy atom. The molecule has 2 atom stereocenters. The zero-order valence-electron chi connectivity index (χ0n) is 12.7. The molecule has 1 saturated carbocycles. The predicted molar refractivity (Wildman–Crippen MR) is 80.4 cm³/mol. The SMILES string of the molecule is CCNc1nc(NC2CCC(OC)C2)nc(N(C)C)n1. The zero-order valence-corrected chi connectivity index (χ0v) is 12.7. The van der Waals surface area contributed by atoms with Gasteiger partial charge in [0.2, 0.25) is 17.8 Å². The Labute approximate surface area is 120 Å². The lowest BCUT2D eigenvalue weighted by Crippen LogP contribution is -2.22. The van der Waals surface area contributed by atoms with E-state index in [1.165, 1.54) is 0 Å². The second-order valence-electron chi connectivity index (χ2n) is 5.22. The van der Waals surface area contributed by atoms with Crippen molar-refractivity contribution in [3.05, 3.63) is 0 Å². The summed E-state index contributed by atoms with van der Waals surface area (Å²) >= 11 is 0. The van der Waals surface area contributed by atoms with E-state index >= 15 is 0 Å². The molecular weight excluding hydrogens is 256 g/mol. The first kappa shape index (κ1) is 14.8. The van der Waals surface area contributed by atoms with Crippen molar-refractivity contribution in [2.75, 3.05) is 43.3 Å². The van der Waals surface area contributed by atoms with E-state index in [0.717, 1.165) is 25.8 Å². The van der Waals surface area contributed by atoms with Gasteiger partial charge in [0.25, 0.3) is 0 Å². The van der Waals surface area contributed by atoms with Crippen LogP contribution in [-0.2, 0) is 4.74 Å². The van der Waals surface area contributed by atoms with Crippen LogP contribution in [-0.4, -0.2) is 54.8 Å². The number of hydrogen-bond acceptors (Lipinski definition) is 7. The van der Waals surface area contributed by atoms with Crippen LogP contribution in [0.2, 0.25) is 0 Å². The molecule has 1 aliphatic carbocycles. The molecule has 1 fully saturated rings. The van der Waals surface area contributed by atoms with Crippen molar-refractivity contribution in [3.63, 3.8) is 0 Å². The third kappa shape index (κ3) is 3.69. The largest absolute Gasteiger partial charge is 0.381 e. The summed E-state index contributed by atoms with van der Waals surface area (Å²) in [6, 6.07) is 0.367. The highest BCUT2D eigenvalue weighted by atomic mass is 16.5. The molecular formula is C13H24N6O. The highest BCUT2D eigenvalue weighted by Gasteiger charge is 2.25. The summed E-state index contributed by atoms with van der Waals surface area (Å²) in [5.41, 5.74) is 0. The van der Waals surface area contributed by atoms with E-state index in [2.05, 4.69) is 25.6 Å². The molecule has 7 nitrogen and oxygen atoms in total. The maximum Gasteiger partial charge on any atom is 0.231 e. The molecule has 0 radical (unpaired) electrons. The van der Waals surface area contributed by atoms with Crippen LogP contribution in [0.15, 0.2) is 0 Å². The van der Waals surface area contributed by atoms with Gasteiger partial charge in [0, 0.05) is 33.8 Å². The van der Waals surface area contributed by atoms with E-state index in [0.29, 0.717) is 30.0 Å². The molecule has 7 heteroatoms. The second kappa shape index (κ2) is 6.69. The van der Waals surface area contributed by atoms with Crippen LogP contribution < -0.4 is 15.5 Å². The molecule has 1 aromatic heterocycles. The lowest BCUT2D eigenvalue weighted by molar-refractivity contribution is 0.108. The molecule has 0 amide bonds. The van der Waals surface area contributed by atoms with Crippen LogP contribution in [0, 0.1) is 0 Å². The average molecular weight is 280 g/mol. The second-order valence-corrected chi connectivity index (χ2v) is 5.22. The maximum atomic E-state index is 5.39. The molecule has 20 heavy (non-hydrogen) atoms. The van der Waals surface area contributed by atoms with Crippen molar-refractivity contribution in [1.82, 2.24) is 15.0 Å². The Hall–Kier alpha value is -1.63. The van der Waals surface area contributed by atoms with Crippen molar-refractivity contribution < 1.29 is 4.74 Å². The monoisotopic (exact) mass is 280 g/mol. The first-order valence-electron chi connectivity index (χ1n) is 7.09. The van der Waals surface area contributed by atoms with Gasteiger partial charge in [-0.3, -0.25) is 0 Å². The topological polar surface area (TPSA) is 75.2 Å². The summed E-state index contributed by atoms with van der Waals surface area (Å²) < 4.78 is 5.39. The number of aromatic nitrogens is 3. The highest BCUT2D eigenvalue weighted by Crippen LogP contribution is 2.24. The molecule has 1 heterocycles. The van der Waals surface area contributed by atoms with Crippen LogP contribution in [0.3, 0.4) is 0 Å². The summed E-state index contributed by atoms with van der Waals surface area (Å²) in [7, 11) is 5.61. The van der Waals surface area contributed by atoms with Crippen LogP contribution in [0.4, 0.5) is 17.8 Å². The third-order valence-electron chi connectivity index (χ3n) is 3.41. The first-order valence-corrected chi connectivity index (χ1v) is 7.09. The van der Waals surface area contributed by atoms with Crippen molar-refractivity contribution in [2.45, 2.75) is 38.3 Å². The Bertz CT molecular complexity index is 439. The molecule has 0 bridgehead atoms. The lowest BCUT2D eigenvalue weighted by Gasteiger charge is -2.16. The molecule has 0 aliphatic heterocycles. The van der Waals surface area contributed by atoms with Crippen LogP contribution in [0.5, 0.6) is 0 Å². The van der Waals surface area contributed by atoms with E-state index in [4.69, 9.17) is 4.74 Å². The summed E-state index contributed by atoms with van der Waals surface area (Å²) in [5.74, 6) is 1.89.